The number of nitrogens with one attached hydrogen (secondary N) is 2. The number of likely N-dealkylation sites (tertiary alicyclic amines) is 1. The van der Waals surface area contributed by atoms with Crippen molar-refractivity contribution in [2.45, 2.75) is 38.3 Å². The number of hydrogen-bond donors (Lipinski definition) is 2. The van der Waals surface area contributed by atoms with Gasteiger partial charge in [0.25, 0.3) is 0 Å². The standard InChI is InChI=1S/C17H27N3/c1-2-7-16-15(6-1)14-18-10-8-17(16)19-9-5-13-20-11-3-4-12-20/h1-2,6-7,17-19H,3-5,8-14H2. The highest BCUT2D eigenvalue weighted by Crippen LogP contribution is 2.23. The van der Waals surface area contributed by atoms with Crippen molar-refractivity contribution in [1.82, 2.24) is 15.5 Å². The average Bonchev–Trinajstić information content (AvgIpc) is 2.91. The molecule has 0 saturated carbocycles. The Morgan fingerprint density at radius 3 is 2.95 bits per heavy atom. The molecule has 2 N–H and O–H groups in total. The highest BCUT2D eigenvalue weighted by atomic mass is 15.1. The molecule has 0 radical (unpaired) electrons. The third kappa shape index (κ3) is 3.60. The van der Waals surface area contributed by atoms with E-state index in [4.69, 9.17) is 0 Å². The molecule has 2 aliphatic rings. The molecule has 2 heterocycles. The van der Waals surface area contributed by atoms with Gasteiger partial charge in [-0.25, -0.2) is 0 Å². The lowest BCUT2D eigenvalue weighted by molar-refractivity contribution is 0.326. The Morgan fingerprint density at radius 1 is 1.20 bits per heavy atom. The van der Waals surface area contributed by atoms with E-state index < -0.39 is 0 Å². The Morgan fingerprint density at radius 2 is 2.05 bits per heavy atom. The summed E-state index contributed by atoms with van der Waals surface area (Å²) >= 11 is 0. The second-order valence-electron chi connectivity index (χ2n) is 6.07. The minimum atomic E-state index is 0.528. The summed E-state index contributed by atoms with van der Waals surface area (Å²) < 4.78 is 0. The average molecular weight is 273 g/mol. The Labute approximate surface area is 122 Å². The molecule has 3 heteroatoms. The van der Waals surface area contributed by atoms with Crippen molar-refractivity contribution in [3.63, 3.8) is 0 Å². The van der Waals surface area contributed by atoms with E-state index in [1.165, 1.54) is 56.4 Å². The smallest absolute Gasteiger partial charge is 0.0335 e. The fraction of sp³-hybridized carbons (Fsp3) is 0.647. The van der Waals surface area contributed by atoms with Crippen LogP contribution in [0.5, 0.6) is 0 Å². The molecule has 2 aliphatic heterocycles. The van der Waals surface area contributed by atoms with Crippen LogP contribution < -0.4 is 10.6 Å². The van der Waals surface area contributed by atoms with Crippen LogP contribution in [0.3, 0.4) is 0 Å². The largest absolute Gasteiger partial charge is 0.313 e. The zero-order valence-electron chi connectivity index (χ0n) is 12.4. The first kappa shape index (κ1) is 14.1. The van der Waals surface area contributed by atoms with Crippen LogP contribution in [0.15, 0.2) is 24.3 Å². The highest BCUT2D eigenvalue weighted by Gasteiger charge is 2.17. The van der Waals surface area contributed by atoms with Crippen LogP contribution in [0, 0.1) is 0 Å². The number of nitrogens with zero attached hydrogens (tertiary/aromatic N) is 1. The maximum Gasteiger partial charge on any atom is 0.0335 e. The number of fused-ring (bicyclic) bond motifs is 1. The molecule has 3 rings (SSSR count). The summed E-state index contributed by atoms with van der Waals surface area (Å²) in [5.41, 5.74) is 2.96. The van der Waals surface area contributed by atoms with Crippen molar-refractivity contribution in [1.29, 1.82) is 0 Å². The van der Waals surface area contributed by atoms with Gasteiger partial charge in [-0.2, -0.15) is 0 Å². The molecule has 0 spiro atoms. The van der Waals surface area contributed by atoms with Gasteiger partial charge in [-0.15, -0.1) is 0 Å². The monoisotopic (exact) mass is 273 g/mol. The summed E-state index contributed by atoms with van der Waals surface area (Å²) in [6.07, 6.45) is 5.26. The zero-order chi connectivity index (χ0) is 13.6. The normalized spacial score (nSPS) is 23.5. The van der Waals surface area contributed by atoms with Crippen molar-refractivity contribution in [2.24, 2.45) is 0 Å². The fourth-order valence-corrected chi connectivity index (χ4v) is 3.46. The van der Waals surface area contributed by atoms with E-state index in [0.29, 0.717) is 6.04 Å². The molecule has 1 aromatic rings. The summed E-state index contributed by atoms with van der Waals surface area (Å²) in [6, 6.07) is 9.39. The van der Waals surface area contributed by atoms with Gasteiger partial charge in [0.05, 0.1) is 0 Å². The molecule has 1 saturated heterocycles. The molecule has 0 amide bonds. The second kappa shape index (κ2) is 7.21. The predicted octanol–water partition coefficient (Wildman–Crippen LogP) is 2.30. The molecule has 1 unspecified atom stereocenters. The summed E-state index contributed by atoms with van der Waals surface area (Å²) in [5.74, 6) is 0. The Hall–Kier alpha value is -0.900. The minimum Gasteiger partial charge on any atom is -0.313 e. The lowest BCUT2D eigenvalue weighted by Gasteiger charge is -2.20. The fourth-order valence-electron chi connectivity index (χ4n) is 3.46. The van der Waals surface area contributed by atoms with Gasteiger partial charge in [0, 0.05) is 12.6 Å². The molecule has 20 heavy (non-hydrogen) atoms. The van der Waals surface area contributed by atoms with Crippen LogP contribution >= 0.6 is 0 Å². The van der Waals surface area contributed by atoms with Gasteiger partial charge >= 0.3 is 0 Å². The van der Waals surface area contributed by atoms with Crippen molar-refractivity contribution in [2.75, 3.05) is 32.7 Å². The van der Waals surface area contributed by atoms with Gasteiger partial charge in [0.15, 0.2) is 0 Å². The van der Waals surface area contributed by atoms with Crippen LogP contribution in [-0.4, -0.2) is 37.6 Å². The molecule has 110 valence electrons. The summed E-state index contributed by atoms with van der Waals surface area (Å²) in [7, 11) is 0. The van der Waals surface area contributed by atoms with Crippen LogP contribution in [0.2, 0.25) is 0 Å². The van der Waals surface area contributed by atoms with Crippen LogP contribution in [0.1, 0.15) is 42.9 Å². The van der Waals surface area contributed by atoms with E-state index in [9.17, 15) is 0 Å². The molecule has 0 bridgehead atoms. The van der Waals surface area contributed by atoms with E-state index in [2.05, 4.69) is 39.8 Å². The lowest BCUT2D eigenvalue weighted by atomic mass is 9.99. The van der Waals surface area contributed by atoms with E-state index in [0.717, 1.165) is 19.6 Å². The number of hydrogen-bond acceptors (Lipinski definition) is 3. The molecule has 0 aromatic heterocycles. The van der Waals surface area contributed by atoms with Gasteiger partial charge < -0.3 is 15.5 Å². The molecule has 0 aliphatic carbocycles. The van der Waals surface area contributed by atoms with Crippen molar-refractivity contribution in [3.05, 3.63) is 35.4 Å². The quantitative estimate of drug-likeness (QED) is 0.806. The Bertz CT molecular complexity index is 412. The maximum atomic E-state index is 3.78. The number of rotatable bonds is 5. The second-order valence-corrected chi connectivity index (χ2v) is 6.07. The summed E-state index contributed by atoms with van der Waals surface area (Å²) in [5, 5.41) is 7.30. The zero-order valence-corrected chi connectivity index (χ0v) is 12.4. The van der Waals surface area contributed by atoms with Crippen LogP contribution in [0.25, 0.3) is 0 Å². The van der Waals surface area contributed by atoms with Gasteiger partial charge in [-0.3, -0.25) is 0 Å². The Balaban J connectivity index is 1.49. The van der Waals surface area contributed by atoms with E-state index in [1.54, 1.807) is 0 Å². The highest BCUT2D eigenvalue weighted by molar-refractivity contribution is 5.30. The maximum absolute atomic E-state index is 3.78. The molecule has 3 nitrogen and oxygen atoms in total. The molecule has 1 atom stereocenters. The topological polar surface area (TPSA) is 27.3 Å². The van der Waals surface area contributed by atoms with Crippen molar-refractivity contribution < 1.29 is 0 Å². The molecule has 1 fully saturated rings. The number of benzene rings is 1. The summed E-state index contributed by atoms with van der Waals surface area (Å²) in [4.78, 5) is 2.60. The van der Waals surface area contributed by atoms with Gasteiger partial charge in [0.1, 0.15) is 0 Å². The van der Waals surface area contributed by atoms with E-state index in [1.807, 2.05) is 0 Å². The minimum absolute atomic E-state index is 0.528. The lowest BCUT2D eigenvalue weighted by Crippen LogP contribution is -2.28. The molecule has 1 aromatic carbocycles. The molecular formula is C17H27N3. The Kier molecular flexibility index (Phi) is 5.06. The van der Waals surface area contributed by atoms with Crippen molar-refractivity contribution in [3.8, 4) is 0 Å². The van der Waals surface area contributed by atoms with Crippen LogP contribution in [0.4, 0.5) is 0 Å². The summed E-state index contributed by atoms with van der Waals surface area (Å²) in [6.45, 7) is 7.15. The van der Waals surface area contributed by atoms with Crippen molar-refractivity contribution >= 4 is 0 Å². The molecular weight excluding hydrogens is 246 g/mol. The van der Waals surface area contributed by atoms with E-state index >= 15 is 0 Å². The van der Waals surface area contributed by atoms with Crippen LogP contribution in [-0.2, 0) is 6.54 Å². The third-order valence-electron chi connectivity index (χ3n) is 4.60. The van der Waals surface area contributed by atoms with Gasteiger partial charge in [-0.1, -0.05) is 24.3 Å². The van der Waals surface area contributed by atoms with Gasteiger partial charge in [0.2, 0.25) is 0 Å². The predicted molar refractivity (Wildman–Crippen MR) is 83.8 cm³/mol. The first-order chi connectivity index (χ1) is 9.93. The van der Waals surface area contributed by atoms with E-state index in [-0.39, 0.29) is 0 Å². The van der Waals surface area contributed by atoms with Gasteiger partial charge in [-0.05, 0) is 69.5 Å². The SMILES string of the molecule is c1ccc2c(c1)CNCCC2NCCCN1CCCC1. The third-order valence-corrected chi connectivity index (χ3v) is 4.60. The first-order valence-electron chi connectivity index (χ1n) is 8.18. The first-order valence-corrected chi connectivity index (χ1v) is 8.18.